The SMILES string of the molecule is CCNC(=O)[C@@H](C)N(Cc1ccccc1F)C(=O)CCc1ccccc1Cl. The number of carbonyl (C=O) groups excluding carboxylic acids is 2. The van der Waals surface area contributed by atoms with E-state index in [1.165, 1.54) is 11.0 Å². The van der Waals surface area contributed by atoms with Gasteiger partial charge in [0.2, 0.25) is 11.8 Å². The highest BCUT2D eigenvalue weighted by Crippen LogP contribution is 2.19. The molecule has 0 unspecified atom stereocenters. The third-order valence-electron chi connectivity index (χ3n) is 4.38. The molecule has 0 aliphatic heterocycles. The van der Waals surface area contributed by atoms with Crippen LogP contribution in [0.3, 0.4) is 0 Å². The molecule has 0 saturated heterocycles. The number of likely N-dealkylation sites (N-methyl/N-ethyl adjacent to an activating group) is 1. The average Bonchev–Trinajstić information content (AvgIpc) is 2.66. The minimum Gasteiger partial charge on any atom is -0.355 e. The van der Waals surface area contributed by atoms with Crippen LogP contribution in [-0.2, 0) is 22.6 Å². The number of hydrogen-bond donors (Lipinski definition) is 1. The highest BCUT2D eigenvalue weighted by Gasteiger charge is 2.26. The monoisotopic (exact) mass is 390 g/mol. The predicted molar refractivity (Wildman–Crippen MR) is 105 cm³/mol. The Morgan fingerprint density at radius 2 is 1.74 bits per heavy atom. The van der Waals surface area contributed by atoms with E-state index in [4.69, 9.17) is 11.6 Å². The van der Waals surface area contributed by atoms with Crippen molar-refractivity contribution in [2.75, 3.05) is 6.54 Å². The summed E-state index contributed by atoms with van der Waals surface area (Å²) in [5.74, 6) is -0.888. The number of hydrogen-bond acceptors (Lipinski definition) is 2. The molecule has 0 saturated carbocycles. The molecule has 4 nitrogen and oxygen atoms in total. The summed E-state index contributed by atoms with van der Waals surface area (Å²) >= 11 is 6.15. The first-order valence-corrected chi connectivity index (χ1v) is 9.35. The quantitative estimate of drug-likeness (QED) is 0.741. The zero-order valence-electron chi connectivity index (χ0n) is 15.5. The molecule has 144 valence electrons. The molecule has 6 heteroatoms. The molecular formula is C21H24ClFN2O2. The molecule has 0 heterocycles. The van der Waals surface area contributed by atoms with Crippen LogP contribution in [0.1, 0.15) is 31.4 Å². The molecule has 1 N–H and O–H groups in total. The number of nitrogens with zero attached hydrogens (tertiary/aromatic N) is 1. The summed E-state index contributed by atoms with van der Waals surface area (Å²) in [6.07, 6.45) is 0.635. The van der Waals surface area contributed by atoms with Gasteiger partial charge >= 0.3 is 0 Å². The third-order valence-corrected chi connectivity index (χ3v) is 4.75. The van der Waals surface area contributed by atoms with Gasteiger partial charge in [-0.05, 0) is 38.0 Å². The third kappa shape index (κ3) is 5.79. The van der Waals surface area contributed by atoms with Crippen molar-refractivity contribution in [1.29, 1.82) is 0 Å². The number of aryl methyl sites for hydroxylation is 1. The fourth-order valence-corrected chi connectivity index (χ4v) is 3.03. The molecule has 0 fully saturated rings. The zero-order chi connectivity index (χ0) is 19.8. The maximum absolute atomic E-state index is 14.1. The minimum absolute atomic E-state index is 0.0341. The van der Waals surface area contributed by atoms with Crippen LogP contribution in [0.4, 0.5) is 4.39 Å². The first-order valence-electron chi connectivity index (χ1n) is 8.98. The van der Waals surface area contributed by atoms with Crippen molar-refractivity contribution >= 4 is 23.4 Å². The van der Waals surface area contributed by atoms with Crippen LogP contribution in [0.25, 0.3) is 0 Å². The summed E-state index contributed by atoms with van der Waals surface area (Å²) in [6.45, 7) is 3.96. The van der Waals surface area contributed by atoms with E-state index in [2.05, 4.69) is 5.32 Å². The molecule has 0 spiro atoms. The molecule has 0 radical (unpaired) electrons. The molecule has 0 aromatic heterocycles. The number of amides is 2. The highest BCUT2D eigenvalue weighted by molar-refractivity contribution is 6.31. The van der Waals surface area contributed by atoms with Gasteiger partial charge in [-0.2, -0.15) is 0 Å². The summed E-state index contributed by atoms with van der Waals surface area (Å²) in [6, 6.07) is 12.9. The van der Waals surface area contributed by atoms with Crippen LogP contribution >= 0.6 is 11.6 Å². The van der Waals surface area contributed by atoms with Gasteiger partial charge < -0.3 is 10.2 Å². The second-order valence-corrected chi connectivity index (χ2v) is 6.68. The van der Waals surface area contributed by atoms with Crippen molar-refractivity contribution in [2.45, 2.75) is 39.3 Å². The summed E-state index contributed by atoms with van der Waals surface area (Å²) in [4.78, 5) is 26.6. The van der Waals surface area contributed by atoms with E-state index in [0.29, 0.717) is 23.6 Å². The Kier molecular flexibility index (Phi) is 7.80. The molecule has 27 heavy (non-hydrogen) atoms. The maximum atomic E-state index is 14.1. The Morgan fingerprint density at radius 3 is 2.37 bits per heavy atom. The van der Waals surface area contributed by atoms with Crippen molar-refractivity contribution in [1.82, 2.24) is 10.2 Å². The van der Waals surface area contributed by atoms with Crippen molar-refractivity contribution in [3.63, 3.8) is 0 Å². The van der Waals surface area contributed by atoms with Crippen LogP contribution in [0.5, 0.6) is 0 Å². The largest absolute Gasteiger partial charge is 0.355 e. The summed E-state index contributed by atoms with van der Waals surface area (Å²) in [7, 11) is 0. The number of nitrogens with one attached hydrogen (secondary N) is 1. The van der Waals surface area contributed by atoms with E-state index in [1.54, 1.807) is 31.2 Å². The van der Waals surface area contributed by atoms with E-state index >= 15 is 0 Å². The van der Waals surface area contributed by atoms with Crippen molar-refractivity contribution in [3.8, 4) is 0 Å². The Balaban J connectivity index is 2.17. The number of rotatable bonds is 8. The lowest BCUT2D eigenvalue weighted by Crippen LogP contribution is -2.47. The van der Waals surface area contributed by atoms with E-state index in [9.17, 15) is 14.0 Å². The minimum atomic E-state index is -0.705. The molecule has 2 aromatic rings. The van der Waals surface area contributed by atoms with Crippen LogP contribution in [-0.4, -0.2) is 29.3 Å². The van der Waals surface area contributed by atoms with Gasteiger partial charge in [0.25, 0.3) is 0 Å². The molecular weight excluding hydrogens is 367 g/mol. The van der Waals surface area contributed by atoms with E-state index in [1.807, 2.05) is 25.1 Å². The smallest absolute Gasteiger partial charge is 0.242 e. The van der Waals surface area contributed by atoms with Gasteiger partial charge in [-0.3, -0.25) is 9.59 Å². The van der Waals surface area contributed by atoms with E-state index in [0.717, 1.165) is 5.56 Å². The Bertz CT molecular complexity index is 797. The predicted octanol–water partition coefficient (Wildman–Crippen LogP) is 3.97. The van der Waals surface area contributed by atoms with Gasteiger partial charge in [0.1, 0.15) is 11.9 Å². The molecule has 2 rings (SSSR count). The molecule has 2 aromatic carbocycles. The second-order valence-electron chi connectivity index (χ2n) is 6.28. The lowest BCUT2D eigenvalue weighted by Gasteiger charge is -2.29. The van der Waals surface area contributed by atoms with Crippen LogP contribution in [0.15, 0.2) is 48.5 Å². The molecule has 0 bridgehead atoms. The first kappa shape index (κ1) is 20.9. The van der Waals surface area contributed by atoms with Gasteiger partial charge in [-0.25, -0.2) is 4.39 Å². The van der Waals surface area contributed by atoms with Gasteiger partial charge in [0.05, 0.1) is 0 Å². The average molecular weight is 391 g/mol. The van der Waals surface area contributed by atoms with Crippen LogP contribution < -0.4 is 5.32 Å². The lowest BCUT2D eigenvalue weighted by atomic mass is 10.1. The van der Waals surface area contributed by atoms with Gasteiger partial charge in [0, 0.05) is 30.1 Å². The molecule has 0 aliphatic carbocycles. The van der Waals surface area contributed by atoms with Gasteiger partial charge in [-0.1, -0.05) is 48.0 Å². The number of benzene rings is 2. The van der Waals surface area contributed by atoms with Crippen molar-refractivity contribution in [2.24, 2.45) is 0 Å². The van der Waals surface area contributed by atoms with Crippen LogP contribution in [0.2, 0.25) is 5.02 Å². The summed E-state index contributed by atoms with van der Waals surface area (Å²) in [5, 5.41) is 3.32. The Morgan fingerprint density at radius 1 is 1.11 bits per heavy atom. The first-order chi connectivity index (χ1) is 12.9. The van der Waals surface area contributed by atoms with Gasteiger partial charge in [0.15, 0.2) is 0 Å². The molecule has 0 aliphatic rings. The standard InChI is InChI=1S/C21H24ClFN2O2/c1-3-24-21(27)15(2)25(14-17-9-5-7-11-19(17)23)20(26)13-12-16-8-4-6-10-18(16)22/h4-11,15H,3,12-14H2,1-2H3,(H,24,27)/t15-/m1/s1. The highest BCUT2D eigenvalue weighted by atomic mass is 35.5. The number of carbonyl (C=O) groups is 2. The Hall–Kier alpha value is -2.40. The molecule has 2 amide bonds. The topological polar surface area (TPSA) is 49.4 Å². The van der Waals surface area contributed by atoms with Crippen LogP contribution in [0, 0.1) is 5.82 Å². The fourth-order valence-electron chi connectivity index (χ4n) is 2.80. The Labute approximate surface area is 164 Å². The normalized spacial score (nSPS) is 11.7. The van der Waals surface area contributed by atoms with Crippen molar-refractivity contribution in [3.05, 3.63) is 70.5 Å². The van der Waals surface area contributed by atoms with E-state index < -0.39 is 11.9 Å². The fraction of sp³-hybridized carbons (Fsp3) is 0.333. The maximum Gasteiger partial charge on any atom is 0.242 e. The van der Waals surface area contributed by atoms with Gasteiger partial charge in [-0.15, -0.1) is 0 Å². The summed E-state index contributed by atoms with van der Waals surface area (Å²) in [5.41, 5.74) is 1.24. The van der Waals surface area contributed by atoms with Crippen molar-refractivity contribution < 1.29 is 14.0 Å². The molecule has 1 atom stereocenters. The zero-order valence-corrected chi connectivity index (χ0v) is 16.3. The second kappa shape index (κ2) is 10.1. The summed E-state index contributed by atoms with van der Waals surface area (Å²) < 4.78 is 14.1. The number of halogens is 2. The van der Waals surface area contributed by atoms with E-state index in [-0.39, 0.29) is 24.8 Å². The lowest BCUT2D eigenvalue weighted by molar-refractivity contribution is -0.140.